The first-order valence-corrected chi connectivity index (χ1v) is 7.66. The van der Waals surface area contributed by atoms with Gasteiger partial charge in [-0.25, -0.2) is 0 Å². The average Bonchev–Trinajstić information content (AvgIpc) is 2.53. The van der Waals surface area contributed by atoms with E-state index in [1.54, 1.807) is 6.92 Å². The van der Waals surface area contributed by atoms with Crippen molar-refractivity contribution in [3.63, 3.8) is 0 Å². The molecule has 4 rings (SSSR count). The smallest absolute Gasteiger partial charge is 0.155 e. The van der Waals surface area contributed by atoms with Crippen LogP contribution in [0.25, 0.3) is 11.1 Å². The average molecular weight is 274 g/mol. The summed E-state index contributed by atoms with van der Waals surface area (Å²) >= 11 is 0. The number of hydrogen-bond donors (Lipinski definition) is 0. The molecule has 0 amide bonds. The van der Waals surface area contributed by atoms with Gasteiger partial charge in [-0.15, -0.1) is 0 Å². The standard InChI is InChI=1S/C20H18O/c1-13(21)15-7-9-18-16(12-15)8-11-19-17-5-3-2-4-14(17)6-10-20(18)19/h2-5,7-8,11H,6,9-10,12H2,1H3. The highest BCUT2D eigenvalue weighted by Crippen LogP contribution is 2.38. The minimum absolute atomic E-state index is 0.212. The molecule has 2 aliphatic carbocycles. The van der Waals surface area contributed by atoms with Crippen molar-refractivity contribution < 1.29 is 4.79 Å². The van der Waals surface area contributed by atoms with E-state index < -0.39 is 0 Å². The molecule has 0 spiro atoms. The lowest BCUT2D eigenvalue weighted by atomic mass is 9.78. The van der Waals surface area contributed by atoms with Crippen LogP contribution >= 0.6 is 0 Å². The van der Waals surface area contributed by atoms with Crippen molar-refractivity contribution in [2.45, 2.75) is 32.6 Å². The van der Waals surface area contributed by atoms with E-state index in [2.05, 4.69) is 42.5 Å². The number of hydrogen-bond acceptors (Lipinski definition) is 1. The van der Waals surface area contributed by atoms with Gasteiger partial charge < -0.3 is 0 Å². The van der Waals surface area contributed by atoms with Crippen LogP contribution < -0.4 is 0 Å². The number of aryl methyl sites for hydroxylation is 1. The summed E-state index contributed by atoms with van der Waals surface area (Å²) in [7, 11) is 0. The second-order valence-corrected chi connectivity index (χ2v) is 6.05. The minimum atomic E-state index is 0.212. The first-order valence-electron chi connectivity index (χ1n) is 7.66. The third-order valence-corrected chi connectivity index (χ3v) is 4.87. The van der Waals surface area contributed by atoms with E-state index in [4.69, 9.17) is 0 Å². The van der Waals surface area contributed by atoms with Gasteiger partial charge in [0.2, 0.25) is 0 Å². The second-order valence-electron chi connectivity index (χ2n) is 6.05. The highest BCUT2D eigenvalue weighted by Gasteiger charge is 2.22. The Balaban J connectivity index is 1.84. The summed E-state index contributed by atoms with van der Waals surface area (Å²) in [5.74, 6) is 0.212. The number of carbonyl (C=O) groups excluding carboxylic acids is 1. The molecule has 21 heavy (non-hydrogen) atoms. The summed E-state index contributed by atoms with van der Waals surface area (Å²) in [5.41, 5.74) is 9.54. The van der Waals surface area contributed by atoms with Crippen molar-refractivity contribution in [1.29, 1.82) is 0 Å². The maximum absolute atomic E-state index is 11.6. The predicted octanol–water partition coefficient (Wildman–Crippen LogP) is 4.07. The molecule has 0 saturated carbocycles. The predicted molar refractivity (Wildman–Crippen MR) is 85.5 cm³/mol. The normalized spacial score (nSPS) is 15.6. The van der Waals surface area contributed by atoms with Crippen LogP contribution in [0.1, 0.15) is 29.2 Å². The van der Waals surface area contributed by atoms with Gasteiger partial charge in [-0.2, -0.15) is 0 Å². The topological polar surface area (TPSA) is 17.1 Å². The van der Waals surface area contributed by atoms with Crippen LogP contribution in [0, 0.1) is 0 Å². The number of benzene rings is 2. The van der Waals surface area contributed by atoms with Gasteiger partial charge in [0.05, 0.1) is 0 Å². The Morgan fingerprint density at radius 3 is 2.62 bits per heavy atom. The maximum Gasteiger partial charge on any atom is 0.155 e. The number of fused-ring (bicyclic) bond motifs is 5. The molecule has 0 radical (unpaired) electrons. The van der Waals surface area contributed by atoms with Gasteiger partial charge in [0.25, 0.3) is 0 Å². The van der Waals surface area contributed by atoms with E-state index in [1.165, 1.54) is 33.4 Å². The summed E-state index contributed by atoms with van der Waals surface area (Å²) in [6.45, 7) is 1.67. The Labute approximate surface area is 125 Å². The Morgan fingerprint density at radius 2 is 1.76 bits per heavy atom. The van der Waals surface area contributed by atoms with Gasteiger partial charge in [0, 0.05) is 6.42 Å². The van der Waals surface area contributed by atoms with Crippen LogP contribution in [0.5, 0.6) is 0 Å². The molecular weight excluding hydrogens is 256 g/mol. The van der Waals surface area contributed by atoms with Crippen LogP contribution in [0.2, 0.25) is 0 Å². The lowest BCUT2D eigenvalue weighted by molar-refractivity contribution is -0.113. The molecule has 0 fully saturated rings. The Hall–Kier alpha value is -2.15. The van der Waals surface area contributed by atoms with Gasteiger partial charge in [-0.1, -0.05) is 42.5 Å². The zero-order chi connectivity index (χ0) is 14.4. The quantitative estimate of drug-likeness (QED) is 0.766. The van der Waals surface area contributed by atoms with E-state index in [-0.39, 0.29) is 5.78 Å². The van der Waals surface area contributed by atoms with Crippen LogP contribution in [-0.2, 0) is 30.5 Å². The molecule has 2 aliphatic rings. The summed E-state index contributed by atoms with van der Waals surface area (Å²) in [4.78, 5) is 11.6. The van der Waals surface area contributed by atoms with Gasteiger partial charge in [0.15, 0.2) is 5.78 Å². The van der Waals surface area contributed by atoms with Crippen molar-refractivity contribution >= 4 is 5.78 Å². The van der Waals surface area contributed by atoms with Crippen molar-refractivity contribution in [3.8, 4) is 11.1 Å². The number of rotatable bonds is 1. The Bertz CT molecular complexity index is 780. The second kappa shape index (κ2) is 4.70. The molecule has 2 aromatic rings. The summed E-state index contributed by atoms with van der Waals surface area (Å²) in [6.07, 6.45) is 6.10. The van der Waals surface area contributed by atoms with Crippen LogP contribution in [0.15, 0.2) is 48.0 Å². The van der Waals surface area contributed by atoms with E-state index in [0.29, 0.717) is 0 Å². The fourth-order valence-electron chi connectivity index (χ4n) is 3.73. The first-order chi connectivity index (χ1) is 10.2. The molecule has 0 saturated heterocycles. The molecule has 0 bridgehead atoms. The zero-order valence-electron chi connectivity index (χ0n) is 12.3. The highest BCUT2D eigenvalue weighted by atomic mass is 16.1. The molecule has 1 nitrogen and oxygen atoms in total. The third kappa shape index (κ3) is 1.96. The summed E-state index contributed by atoms with van der Waals surface area (Å²) < 4.78 is 0. The van der Waals surface area contributed by atoms with Crippen molar-refractivity contribution in [2.24, 2.45) is 0 Å². The lowest BCUT2D eigenvalue weighted by Gasteiger charge is -2.26. The van der Waals surface area contributed by atoms with Crippen molar-refractivity contribution in [2.75, 3.05) is 0 Å². The molecule has 0 aliphatic heterocycles. The Kier molecular flexibility index (Phi) is 2.81. The van der Waals surface area contributed by atoms with Crippen LogP contribution in [0.3, 0.4) is 0 Å². The van der Waals surface area contributed by atoms with Gasteiger partial charge in [-0.05, 0) is 65.1 Å². The molecule has 0 atom stereocenters. The van der Waals surface area contributed by atoms with Gasteiger partial charge in [0.1, 0.15) is 0 Å². The number of carbonyl (C=O) groups is 1. The third-order valence-electron chi connectivity index (χ3n) is 4.87. The van der Waals surface area contributed by atoms with Gasteiger partial charge in [-0.3, -0.25) is 4.79 Å². The molecule has 0 N–H and O–H groups in total. The number of ketones is 1. The Morgan fingerprint density at radius 1 is 0.905 bits per heavy atom. The van der Waals surface area contributed by atoms with Crippen LogP contribution in [-0.4, -0.2) is 5.78 Å². The minimum Gasteiger partial charge on any atom is -0.295 e. The SMILES string of the molecule is CC(=O)C1=CCc2c(ccc3c2CCc2ccccc2-3)C1. The molecule has 104 valence electrons. The molecule has 2 aromatic carbocycles. The number of Topliss-reactive ketones (excluding diaryl/α,β-unsaturated/α-hetero) is 1. The summed E-state index contributed by atoms with van der Waals surface area (Å²) in [5, 5.41) is 0. The zero-order valence-corrected chi connectivity index (χ0v) is 12.3. The molecule has 1 heteroatoms. The first kappa shape index (κ1) is 12.6. The van der Waals surface area contributed by atoms with E-state index in [1.807, 2.05) is 0 Å². The molecule has 0 aromatic heterocycles. The van der Waals surface area contributed by atoms with Gasteiger partial charge >= 0.3 is 0 Å². The molecular formula is C20H18O. The van der Waals surface area contributed by atoms with Crippen molar-refractivity contribution in [3.05, 3.63) is 70.3 Å². The lowest BCUT2D eigenvalue weighted by Crippen LogP contribution is -2.14. The fourth-order valence-corrected chi connectivity index (χ4v) is 3.73. The molecule has 0 heterocycles. The fraction of sp³-hybridized carbons (Fsp3) is 0.250. The summed E-state index contributed by atoms with van der Waals surface area (Å²) in [6, 6.07) is 13.2. The number of allylic oxidation sites excluding steroid dienone is 2. The monoisotopic (exact) mass is 274 g/mol. The van der Waals surface area contributed by atoms with E-state index in [9.17, 15) is 4.79 Å². The largest absolute Gasteiger partial charge is 0.295 e. The van der Waals surface area contributed by atoms with E-state index >= 15 is 0 Å². The van der Waals surface area contributed by atoms with E-state index in [0.717, 1.165) is 31.3 Å². The van der Waals surface area contributed by atoms with Crippen molar-refractivity contribution in [1.82, 2.24) is 0 Å². The highest BCUT2D eigenvalue weighted by molar-refractivity contribution is 5.94. The maximum atomic E-state index is 11.6. The van der Waals surface area contributed by atoms with Crippen LogP contribution in [0.4, 0.5) is 0 Å². The molecule has 0 unspecified atom stereocenters.